The minimum Gasteiger partial charge on any atom is -0.354 e. The van der Waals surface area contributed by atoms with Gasteiger partial charge in [-0.25, -0.2) is 0 Å². The number of anilines is 4. The fraction of sp³-hybridized carbons (Fsp3) is 0. The number of hydrogen-bond donors (Lipinski definition) is 2. The van der Waals surface area contributed by atoms with Crippen molar-refractivity contribution >= 4 is 46.0 Å². The van der Waals surface area contributed by atoms with Gasteiger partial charge in [-0.2, -0.15) is 0 Å². The summed E-state index contributed by atoms with van der Waals surface area (Å²) < 4.78 is 0. The van der Waals surface area contributed by atoms with Gasteiger partial charge in [0, 0.05) is 16.9 Å². The Morgan fingerprint density at radius 3 is 1.43 bits per heavy atom. The van der Waals surface area contributed by atoms with E-state index in [9.17, 15) is 0 Å². The second kappa shape index (κ2) is 11.7. The second-order valence-corrected chi connectivity index (χ2v) is 10.2. The third-order valence-electron chi connectivity index (χ3n) is 6.82. The fourth-order valence-corrected chi connectivity index (χ4v) is 5.28. The number of hydrogen-bond acceptors (Lipinski definition) is 2. The van der Waals surface area contributed by atoms with E-state index in [1.54, 1.807) is 0 Å². The SMILES string of the molecule is Clc1ccccc1Nc1ccc(-c2ccc(Nc3ccccc3Cl)c(-c3ccccc3)c2-c2ccccc2)cc1. The molecule has 0 aliphatic rings. The summed E-state index contributed by atoms with van der Waals surface area (Å²) in [6.45, 7) is 0. The highest BCUT2D eigenvalue weighted by atomic mass is 35.5. The second-order valence-electron chi connectivity index (χ2n) is 9.43. The zero-order valence-electron chi connectivity index (χ0n) is 21.6. The monoisotopic (exact) mass is 556 g/mol. The summed E-state index contributed by atoms with van der Waals surface area (Å²) in [5.41, 5.74) is 10.5. The van der Waals surface area contributed by atoms with Crippen molar-refractivity contribution in [3.63, 3.8) is 0 Å². The molecule has 0 saturated heterocycles. The van der Waals surface area contributed by atoms with Crippen molar-refractivity contribution in [1.82, 2.24) is 0 Å². The molecule has 194 valence electrons. The van der Waals surface area contributed by atoms with Crippen molar-refractivity contribution in [3.8, 4) is 33.4 Å². The van der Waals surface area contributed by atoms with E-state index in [-0.39, 0.29) is 0 Å². The van der Waals surface area contributed by atoms with E-state index in [1.807, 2.05) is 60.7 Å². The molecule has 6 aromatic carbocycles. The van der Waals surface area contributed by atoms with Crippen LogP contribution in [0.4, 0.5) is 22.7 Å². The molecule has 2 nitrogen and oxygen atoms in total. The van der Waals surface area contributed by atoms with Crippen molar-refractivity contribution in [2.75, 3.05) is 10.6 Å². The quantitative estimate of drug-likeness (QED) is 0.204. The minimum atomic E-state index is 0.674. The number of nitrogens with one attached hydrogen (secondary N) is 2. The molecular formula is C36H26Cl2N2. The molecule has 2 N–H and O–H groups in total. The molecule has 0 spiro atoms. The van der Waals surface area contributed by atoms with E-state index in [4.69, 9.17) is 23.2 Å². The topological polar surface area (TPSA) is 24.1 Å². The van der Waals surface area contributed by atoms with Crippen molar-refractivity contribution in [3.05, 3.63) is 156 Å². The largest absolute Gasteiger partial charge is 0.354 e. The first kappa shape index (κ1) is 25.8. The third-order valence-corrected chi connectivity index (χ3v) is 7.48. The maximum absolute atomic E-state index is 6.56. The molecule has 0 atom stereocenters. The molecule has 0 fully saturated rings. The lowest BCUT2D eigenvalue weighted by molar-refractivity contribution is 1.50. The summed E-state index contributed by atoms with van der Waals surface area (Å²) >= 11 is 12.9. The Balaban J connectivity index is 1.51. The first-order valence-electron chi connectivity index (χ1n) is 13.1. The number of rotatable bonds is 7. The Morgan fingerprint density at radius 2 is 0.850 bits per heavy atom. The van der Waals surface area contributed by atoms with Gasteiger partial charge in [0.15, 0.2) is 0 Å². The molecule has 0 aliphatic heterocycles. The van der Waals surface area contributed by atoms with E-state index >= 15 is 0 Å². The van der Waals surface area contributed by atoms with Crippen LogP contribution in [0.15, 0.2) is 146 Å². The maximum atomic E-state index is 6.56. The van der Waals surface area contributed by atoms with Gasteiger partial charge >= 0.3 is 0 Å². The van der Waals surface area contributed by atoms with Gasteiger partial charge in [0.05, 0.1) is 21.4 Å². The van der Waals surface area contributed by atoms with Crippen molar-refractivity contribution < 1.29 is 0 Å². The third kappa shape index (κ3) is 5.46. The summed E-state index contributed by atoms with van der Waals surface area (Å²) in [5, 5.41) is 8.40. The molecule has 0 amide bonds. The highest BCUT2D eigenvalue weighted by Crippen LogP contribution is 2.45. The molecule has 40 heavy (non-hydrogen) atoms. The fourth-order valence-electron chi connectivity index (χ4n) is 4.92. The van der Waals surface area contributed by atoms with Crippen LogP contribution in [0, 0.1) is 0 Å². The van der Waals surface area contributed by atoms with Crippen LogP contribution in [0.25, 0.3) is 33.4 Å². The average Bonchev–Trinajstić information content (AvgIpc) is 3.00. The van der Waals surface area contributed by atoms with E-state index in [1.165, 1.54) is 0 Å². The van der Waals surface area contributed by atoms with Gasteiger partial charge in [-0.05, 0) is 70.3 Å². The molecule has 0 saturated carbocycles. The van der Waals surface area contributed by atoms with Crippen LogP contribution in [0.3, 0.4) is 0 Å². The van der Waals surface area contributed by atoms with Crippen LogP contribution in [0.5, 0.6) is 0 Å². The first-order chi connectivity index (χ1) is 19.7. The van der Waals surface area contributed by atoms with Crippen molar-refractivity contribution in [1.29, 1.82) is 0 Å². The Bertz CT molecular complexity index is 1750. The average molecular weight is 558 g/mol. The molecule has 6 aromatic rings. The summed E-state index contributed by atoms with van der Waals surface area (Å²) in [4.78, 5) is 0. The highest BCUT2D eigenvalue weighted by molar-refractivity contribution is 6.33. The van der Waals surface area contributed by atoms with Gasteiger partial charge in [0.1, 0.15) is 0 Å². The van der Waals surface area contributed by atoms with Gasteiger partial charge in [-0.3, -0.25) is 0 Å². The van der Waals surface area contributed by atoms with Gasteiger partial charge < -0.3 is 10.6 Å². The Hall–Kier alpha value is -4.50. The zero-order chi connectivity index (χ0) is 27.3. The van der Waals surface area contributed by atoms with Gasteiger partial charge in [-0.1, -0.05) is 126 Å². The maximum Gasteiger partial charge on any atom is 0.0640 e. The summed E-state index contributed by atoms with van der Waals surface area (Å²) in [6.07, 6.45) is 0. The number of halogens is 2. The summed E-state index contributed by atoms with van der Waals surface area (Å²) in [6, 6.07) is 49.4. The molecule has 6 rings (SSSR count). The van der Waals surface area contributed by atoms with E-state index in [0.717, 1.165) is 56.1 Å². The number of para-hydroxylation sites is 2. The lowest BCUT2D eigenvalue weighted by Crippen LogP contribution is -1.99. The predicted octanol–water partition coefficient (Wildman–Crippen LogP) is 11.5. The Morgan fingerprint density at radius 1 is 0.350 bits per heavy atom. The Kier molecular flexibility index (Phi) is 7.54. The number of benzene rings is 6. The summed E-state index contributed by atoms with van der Waals surface area (Å²) in [5.74, 6) is 0. The van der Waals surface area contributed by atoms with E-state index in [2.05, 4.69) is 95.6 Å². The van der Waals surface area contributed by atoms with Crippen LogP contribution in [-0.2, 0) is 0 Å². The highest BCUT2D eigenvalue weighted by Gasteiger charge is 2.19. The summed E-state index contributed by atoms with van der Waals surface area (Å²) in [7, 11) is 0. The van der Waals surface area contributed by atoms with Crippen LogP contribution in [0.2, 0.25) is 10.0 Å². The molecule has 0 aromatic heterocycles. The van der Waals surface area contributed by atoms with Gasteiger partial charge in [-0.15, -0.1) is 0 Å². The first-order valence-corrected chi connectivity index (χ1v) is 13.8. The molecule has 0 unspecified atom stereocenters. The van der Waals surface area contributed by atoms with E-state index in [0.29, 0.717) is 10.0 Å². The van der Waals surface area contributed by atoms with Crippen LogP contribution < -0.4 is 10.6 Å². The van der Waals surface area contributed by atoms with Gasteiger partial charge in [0.2, 0.25) is 0 Å². The standard InChI is InChI=1S/C36H26Cl2N2/c37-30-15-7-9-17-32(30)39-28-21-19-25(20-22-28)29-23-24-34(40-33-18-10-8-16-31(33)38)36(27-13-5-2-6-14-27)35(29)26-11-3-1-4-12-26/h1-24,39-40H. The normalized spacial score (nSPS) is 10.8. The van der Waals surface area contributed by atoms with Crippen LogP contribution in [0.1, 0.15) is 0 Å². The van der Waals surface area contributed by atoms with E-state index < -0.39 is 0 Å². The lowest BCUT2D eigenvalue weighted by atomic mass is 9.86. The van der Waals surface area contributed by atoms with Gasteiger partial charge in [0.25, 0.3) is 0 Å². The van der Waals surface area contributed by atoms with Crippen LogP contribution in [-0.4, -0.2) is 0 Å². The van der Waals surface area contributed by atoms with Crippen molar-refractivity contribution in [2.45, 2.75) is 0 Å². The molecule has 0 heterocycles. The molecule has 4 heteroatoms. The lowest BCUT2D eigenvalue weighted by Gasteiger charge is -2.21. The van der Waals surface area contributed by atoms with Crippen molar-refractivity contribution in [2.24, 2.45) is 0 Å². The molecule has 0 aliphatic carbocycles. The minimum absolute atomic E-state index is 0.674. The van der Waals surface area contributed by atoms with Crippen LogP contribution >= 0.6 is 23.2 Å². The predicted molar refractivity (Wildman–Crippen MR) is 172 cm³/mol. The zero-order valence-corrected chi connectivity index (χ0v) is 23.1. The molecular weight excluding hydrogens is 531 g/mol. The smallest absolute Gasteiger partial charge is 0.0640 e. The molecule has 0 bridgehead atoms. The Labute approximate surface area is 244 Å². The molecule has 0 radical (unpaired) electrons.